The SMILES string of the molecule is CCC1OCCC1CNC(=O)C1CNCC1C. The summed E-state index contributed by atoms with van der Waals surface area (Å²) in [5.41, 5.74) is 0. The Labute approximate surface area is 103 Å². The first-order chi connectivity index (χ1) is 8.22. The van der Waals surface area contributed by atoms with Crippen molar-refractivity contribution in [2.24, 2.45) is 17.8 Å². The quantitative estimate of drug-likeness (QED) is 0.763. The molecule has 4 unspecified atom stereocenters. The molecule has 0 spiro atoms. The van der Waals surface area contributed by atoms with E-state index >= 15 is 0 Å². The van der Waals surface area contributed by atoms with Gasteiger partial charge in [0.15, 0.2) is 0 Å². The molecule has 2 fully saturated rings. The molecule has 1 amide bonds. The Morgan fingerprint density at radius 1 is 1.47 bits per heavy atom. The molecule has 0 aliphatic carbocycles. The van der Waals surface area contributed by atoms with Gasteiger partial charge in [-0.25, -0.2) is 0 Å². The first-order valence-electron chi connectivity index (χ1n) is 6.82. The molecule has 2 aliphatic heterocycles. The van der Waals surface area contributed by atoms with Gasteiger partial charge in [0.1, 0.15) is 0 Å². The van der Waals surface area contributed by atoms with Gasteiger partial charge in [0.05, 0.1) is 12.0 Å². The van der Waals surface area contributed by atoms with Crippen LogP contribution in [0.2, 0.25) is 0 Å². The summed E-state index contributed by atoms with van der Waals surface area (Å²) in [7, 11) is 0. The highest BCUT2D eigenvalue weighted by molar-refractivity contribution is 5.79. The van der Waals surface area contributed by atoms with E-state index in [-0.39, 0.29) is 11.8 Å². The molecule has 4 atom stereocenters. The van der Waals surface area contributed by atoms with Gasteiger partial charge in [0.2, 0.25) is 5.91 Å². The molecule has 4 nitrogen and oxygen atoms in total. The number of rotatable bonds is 4. The summed E-state index contributed by atoms with van der Waals surface area (Å²) in [5, 5.41) is 6.37. The zero-order valence-electron chi connectivity index (χ0n) is 10.9. The minimum Gasteiger partial charge on any atom is -0.378 e. The highest BCUT2D eigenvalue weighted by atomic mass is 16.5. The molecule has 0 aromatic heterocycles. The lowest BCUT2D eigenvalue weighted by molar-refractivity contribution is -0.125. The second kappa shape index (κ2) is 5.83. The summed E-state index contributed by atoms with van der Waals surface area (Å²) in [6.07, 6.45) is 2.47. The van der Waals surface area contributed by atoms with Gasteiger partial charge < -0.3 is 15.4 Å². The number of nitrogens with one attached hydrogen (secondary N) is 2. The Morgan fingerprint density at radius 2 is 2.29 bits per heavy atom. The molecular formula is C13H24N2O2. The molecule has 0 radical (unpaired) electrons. The molecule has 0 aromatic rings. The minimum atomic E-state index is 0.150. The molecule has 2 saturated heterocycles. The lowest BCUT2D eigenvalue weighted by atomic mass is 9.96. The van der Waals surface area contributed by atoms with Crippen LogP contribution in [-0.4, -0.2) is 38.3 Å². The number of carbonyl (C=O) groups excluding carboxylic acids is 1. The van der Waals surface area contributed by atoms with Crippen molar-refractivity contribution in [1.29, 1.82) is 0 Å². The number of carbonyl (C=O) groups is 1. The van der Waals surface area contributed by atoms with E-state index in [4.69, 9.17) is 4.74 Å². The lowest BCUT2D eigenvalue weighted by Gasteiger charge is -2.19. The summed E-state index contributed by atoms with van der Waals surface area (Å²) in [6.45, 7) is 7.69. The average Bonchev–Trinajstić information content (AvgIpc) is 2.94. The minimum absolute atomic E-state index is 0.150. The predicted octanol–water partition coefficient (Wildman–Crippen LogP) is 0.773. The molecule has 4 heteroatoms. The van der Waals surface area contributed by atoms with Crippen molar-refractivity contribution >= 4 is 5.91 Å². The maximum atomic E-state index is 12.0. The van der Waals surface area contributed by atoms with Crippen LogP contribution >= 0.6 is 0 Å². The van der Waals surface area contributed by atoms with Crippen LogP contribution in [0.4, 0.5) is 0 Å². The van der Waals surface area contributed by atoms with Gasteiger partial charge in [-0.15, -0.1) is 0 Å². The Hall–Kier alpha value is -0.610. The van der Waals surface area contributed by atoms with Gasteiger partial charge in [-0.3, -0.25) is 4.79 Å². The van der Waals surface area contributed by atoms with E-state index in [9.17, 15) is 4.79 Å². The molecule has 0 saturated carbocycles. The molecule has 2 rings (SSSR count). The van der Waals surface area contributed by atoms with Gasteiger partial charge >= 0.3 is 0 Å². The highest BCUT2D eigenvalue weighted by Crippen LogP contribution is 2.23. The van der Waals surface area contributed by atoms with E-state index < -0.39 is 0 Å². The van der Waals surface area contributed by atoms with Crippen molar-refractivity contribution in [1.82, 2.24) is 10.6 Å². The van der Waals surface area contributed by atoms with Crippen molar-refractivity contribution in [3.8, 4) is 0 Å². The van der Waals surface area contributed by atoms with Crippen molar-refractivity contribution < 1.29 is 9.53 Å². The monoisotopic (exact) mass is 240 g/mol. The van der Waals surface area contributed by atoms with E-state index in [1.807, 2.05) is 0 Å². The van der Waals surface area contributed by atoms with E-state index in [1.165, 1.54) is 0 Å². The lowest BCUT2D eigenvalue weighted by Crippen LogP contribution is -2.38. The third kappa shape index (κ3) is 2.99. The molecule has 17 heavy (non-hydrogen) atoms. The molecule has 0 aromatic carbocycles. The second-order valence-corrected chi connectivity index (χ2v) is 5.35. The average molecular weight is 240 g/mol. The van der Waals surface area contributed by atoms with Crippen LogP contribution in [0.5, 0.6) is 0 Å². The normalized spacial score (nSPS) is 37.3. The molecule has 0 bridgehead atoms. The van der Waals surface area contributed by atoms with Crippen LogP contribution in [-0.2, 0) is 9.53 Å². The third-order valence-corrected chi connectivity index (χ3v) is 4.14. The fourth-order valence-corrected chi connectivity index (χ4v) is 2.90. The molecule has 2 N–H and O–H groups in total. The van der Waals surface area contributed by atoms with Crippen LogP contribution in [0.15, 0.2) is 0 Å². The molecule has 2 heterocycles. The Morgan fingerprint density at radius 3 is 2.94 bits per heavy atom. The summed E-state index contributed by atoms with van der Waals surface area (Å²) >= 11 is 0. The zero-order chi connectivity index (χ0) is 12.3. The molecular weight excluding hydrogens is 216 g/mol. The fourth-order valence-electron chi connectivity index (χ4n) is 2.90. The van der Waals surface area contributed by atoms with Crippen molar-refractivity contribution in [3.63, 3.8) is 0 Å². The van der Waals surface area contributed by atoms with Gasteiger partial charge in [-0.05, 0) is 25.3 Å². The van der Waals surface area contributed by atoms with Crippen LogP contribution < -0.4 is 10.6 Å². The Kier molecular flexibility index (Phi) is 4.40. The summed E-state index contributed by atoms with van der Waals surface area (Å²) in [4.78, 5) is 12.0. The summed E-state index contributed by atoms with van der Waals surface area (Å²) < 4.78 is 5.63. The number of hydrogen-bond acceptors (Lipinski definition) is 3. The van der Waals surface area contributed by atoms with E-state index in [0.717, 1.165) is 39.1 Å². The van der Waals surface area contributed by atoms with Gasteiger partial charge in [-0.1, -0.05) is 13.8 Å². The van der Waals surface area contributed by atoms with Crippen LogP contribution in [0, 0.1) is 17.8 Å². The number of hydrogen-bond donors (Lipinski definition) is 2. The van der Waals surface area contributed by atoms with Crippen LogP contribution in [0.1, 0.15) is 26.7 Å². The van der Waals surface area contributed by atoms with Crippen LogP contribution in [0.25, 0.3) is 0 Å². The van der Waals surface area contributed by atoms with E-state index in [2.05, 4.69) is 24.5 Å². The third-order valence-electron chi connectivity index (χ3n) is 4.14. The smallest absolute Gasteiger partial charge is 0.224 e. The molecule has 2 aliphatic rings. The van der Waals surface area contributed by atoms with E-state index in [0.29, 0.717) is 17.9 Å². The second-order valence-electron chi connectivity index (χ2n) is 5.35. The van der Waals surface area contributed by atoms with Crippen molar-refractivity contribution in [2.75, 3.05) is 26.2 Å². The summed E-state index contributed by atoms with van der Waals surface area (Å²) in [6, 6.07) is 0. The van der Waals surface area contributed by atoms with Gasteiger partial charge in [0.25, 0.3) is 0 Å². The first-order valence-corrected chi connectivity index (χ1v) is 6.82. The van der Waals surface area contributed by atoms with Crippen molar-refractivity contribution in [2.45, 2.75) is 32.8 Å². The van der Waals surface area contributed by atoms with Crippen molar-refractivity contribution in [3.05, 3.63) is 0 Å². The zero-order valence-corrected chi connectivity index (χ0v) is 10.9. The van der Waals surface area contributed by atoms with Gasteiger partial charge in [0, 0.05) is 25.6 Å². The van der Waals surface area contributed by atoms with Crippen LogP contribution in [0.3, 0.4) is 0 Å². The summed E-state index contributed by atoms with van der Waals surface area (Å²) in [5.74, 6) is 1.33. The molecule has 98 valence electrons. The fraction of sp³-hybridized carbons (Fsp3) is 0.923. The predicted molar refractivity (Wildman–Crippen MR) is 66.7 cm³/mol. The highest BCUT2D eigenvalue weighted by Gasteiger charge is 2.31. The Balaban J connectivity index is 1.76. The van der Waals surface area contributed by atoms with E-state index in [1.54, 1.807) is 0 Å². The van der Waals surface area contributed by atoms with Gasteiger partial charge in [-0.2, -0.15) is 0 Å². The maximum absolute atomic E-state index is 12.0. The largest absolute Gasteiger partial charge is 0.378 e. The number of ether oxygens (including phenoxy) is 1. The topological polar surface area (TPSA) is 50.4 Å². The first kappa shape index (κ1) is 12.8. The number of amides is 1. The Bertz CT molecular complexity index is 270. The standard InChI is InChI=1S/C13H24N2O2/c1-3-12-10(4-5-17-12)7-15-13(16)11-8-14-6-9(11)2/h9-12,14H,3-8H2,1-2H3,(H,15,16). The maximum Gasteiger partial charge on any atom is 0.224 e.